The minimum absolute atomic E-state index is 0.536. The van der Waals surface area contributed by atoms with Gasteiger partial charge in [0.15, 0.2) is 0 Å². The third-order valence-corrected chi connectivity index (χ3v) is 3.74. The Morgan fingerprint density at radius 1 is 1.16 bits per heavy atom. The first-order valence-electron chi connectivity index (χ1n) is 5.86. The molecule has 0 aliphatic carbocycles. The SMILES string of the molecule is Cc1cccc2nn(Cc3c(Cl)cncc3Cl)cc12. The molecule has 0 spiro atoms. The molecule has 0 fully saturated rings. The fraction of sp³-hybridized carbons (Fsp3) is 0.143. The number of rotatable bonds is 2. The van der Waals surface area contributed by atoms with Crippen molar-refractivity contribution in [1.82, 2.24) is 14.8 Å². The van der Waals surface area contributed by atoms with Crippen LogP contribution in [-0.2, 0) is 6.54 Å². The molecule has 0 amide bonds. The Morgan fingerprint density at radius 2 is 1.89 bits per heavy atom. The lowest BCUT2D eigenvalue weighted by atomic mass is 10.1. The molecular weight excluding hydrogens is 281 g/mol. The summed E-state index contributed by atoms with van der Waals surface area (Å²) in [7, 11) is 0. The van der Waals surface area contributed by atoms with Crippen molar-refractivity contribution in [2.45, 2.75) is 13.5 Å². The number of pyridine rings is 1. The monoisotopic (exact) mass is 291 g/mol. The second-order valence-corrected chi connectivity index (χ2v) is 5.23. The molecule has 0 aliphatic heterocycles. The minimum atomic E-state index is 0.536. The van der Waals surface area contributed by atoms with Crippen LogP contribution in [0.1, 0.15) is 11.1 Å². The van der Waals surface area contributed by atoms with E-state index in [1.165, 1.54) is 5.56 Å². The summed E-state index contributed by atoms with van der Waals surface area (Å²) in [5, 5.41) is 6.79. The summed E-state index contributed by atoms with van der Waals surface area (Å²) in [6, 6.07) is 6.07. The standard InChI is InChI=1S/C14H11Cl2N3/c1-9-3-2-4-14-10(9)7-19(18-14)8-11-12(15)5-17-6-13(11)16/h2-7H,8H2,1H3. The van der Waals surface area contributed by atoms with Gasteiger partial charge in [0.2, 0.25) is 0 Å². The first-order valence-corrected chi connectivity index (χ1v) is 6.61. The number of aromatic nitrogens is 3. The van der Waals surface area contributed by atoms with Crippen LogP contribution in [0.25, 0.3) is 10.9 Å². The number of hydrogen-bond acceptors (Lipinski definition) is 2. The lowest BCUT2D eigenvalue weighted by Gasteiger charge is -2.05. The molecule has 0 bridgehead atoms. The molecule has 3 rings (SSSR count). The Balaban J connectivity index is 2.04. The number of halogens is 2. The van der Waals surface area contributed by atoms with Gasteiger partial charge in [0, 0.05) is 29.5 Å². The third-order valence-electron chi connectivity index (χ3n) is 3.09. The van der Waals surface area contributed by atoms with E-state index in [1.807, 2.05) is 23.0 Å². The van der Waals surface area contributed by atoms with Crippen LogP contribution in [0.15, 0.2) is 36.8 Å². The van der Waals surface area contributed by atoms with Crippen molar-refractivity contribution in [3.8, 4) is 0 Å². The van der Waals surface area contributed by atoms with Crippen LogP contribution in [0.4, 0.5) is 0 Å². The average molecular weight is 292 g/mol. The van der Waals surface area contributed by atoms with Crippen LogP contribution in [0.5, 0.6) is 0 Å². The molecule has 2 heterocycles. The van der Waals surface area contributed by atoms with Gasteiger partial charge in [-0.25, -0.2) is 0 Å². The molecule has 96 valence electrons. The fourth-order valence-electron chi connectivity index (χ4n) is 2.07. The molecule has 0 unspecified atom stereocenters. The van der Waals surface area contributed by atoms with E-state index in [0.29, 0.717) is 16.6 Å². The highest BCUT2D eigenvalue weighted by molar-refractivity contribution is 6.35. The lowest BCUT2D eigenvalue weighted by Crippen LogP contribution is -2.01. The van der Waals surface area contributed by atoms with E-state index < -0.39 is 0 Å². The van der Waals surface area contributed by atoms with Gasteiger partial charge in [-0.2, -0.15) is 5.10 Å². The van der Waals surface area contributed by atoms with Crippen LogP contribution >= 0.6 is 23.2 Å². The van der Waals surface area contributed by atoms with Gasteiger partial charge in [-0.3, -0.25) is 9.67 Å². The summed E-state index contributed by atoms with van der Waals surface area (Å²) in [5.41, 5.74) is 3.01. The van der Waals surface area contributed by atoms with Crippen molar-refractivity contribution in [2.75, 3.05) is 0 Å². The quantitative estimate of drug-likeness (QED) is 0.712. The second kappa shape index (κ2) is 4.83. The molecule has 0 saturated carbocycles. The molecule has 0 radical (unpaired) electrons. The highest BCUT2D eigenvalue weighted by atomic mass is 35.5. The summed E-state index contributed by atoms with van der Waals surface area (Å²) >= 11 is 12.2. The van der Waals surface area contributed by atoms with Gasteiger partial charge in [-0.15, -0.1) is 0 Å². The summed E-state index contributed by atoms with van der Waals surface area (Å²) in [4.78, 5) is 3.95. The third kappa shape index (κ3) is 2.31. The van der Waals surface area contributed by atoms with Gasteiger partial charge < -0.3 is 0 Å². The molecule has 2 aromatic heterocycles. The lowest BCUT2D eigenvalue weighted by molar-refractivity contribution is 0.695. The molecule has 0 saturated heterocycles. The van der Waals surface area contributed by atoms with Crippen LogP contribution in [0, 0.1) is 6.92 Å². The summed E-state index contributed by atoms with van der Waals surface area (Å²) < 4.78 is 1.85. The number of nitrogens with zero attached hydrogens (tertiary/aromatic N) is 3. The molecule has 0 aliphatic rings. The van der Waals surface area contributed by atoms with Crippen LogP contribution in [0.3, 0.4) is 0 Å². The topological polar surface area (TPSA) is 30.7 Å². The highest BCUT2D eigenvalue weighted by Gasteiger charge is 2.09. The summed E-state index contributed by atoms with van der Waals surface area (Å²) in [6.07, 6.45) is 5.20. The van der Waals surface area contributed by atoms with Gasteiger partial charge >= 0.3 is 0 Å². The van der Waals surface area contributed by atoms with Crippen molar-refractivity contribution < 1.29 is 0 Å². The van der Waals surface area contributed by atoms with Crippen molar-refractivity contribution in [3.63, 3.8) is 0 Å². The normalized spacial score (nSPS) is 11.1. The smallest absolute Gasteiger partial charge is 0.0926 e. The molecule has 3 nitrogen and oxygen atoms in total. The summed E-state index contributed by atoms with van der Waals surface area (Å²) in [6.45, 7) is 2.61. The first-order chi connectivity index (χ1) is 9.15. The maximum absolute atomic E-state index is 6.12. The maximum atomic E-state index is 6.12. The van der Waals surface area contributed by atoms with Crippen LogP contribution in [0.2, 0.25) is 10.0 Å². The maximum Gasteiger partial charge on any atom is 0.0926 e. The Kier molecular flexibility index (Phi) is 3.17. The average Bonchev–Trinajstić information content (AvgIpc) is 2.78. The van der Waals surface area contributed by atoms with Crippen molar-refractivity contribution >= 4 is 34.1 Å². The zero-order valence-corrected chi connectivity index (χ0v) is 11.8. The Hall–Kier alpha value is -1.58. The number of fused-ring (bicyclic) bond motifs is 1. The van der Waals surface area contributed by atoms with Gasteiger partial charge in [0.05, 0.1) is 22.1 Å². The van der Waals surface area contributed by atoms with E-state index in [4.69, 9.17) is 23.2 Å². The largest absolute Gasteiger partial charge is 0.267 e. The molecular formula is C14H11Cl2N3. The van der Waals surface area contributed by atoms with Gasteiger partial charge in [-0.1, -0.05) is 35.3 Å². The Labute approximate surface area is 120 Å². The van der Waals surface area contributed by atoms with E-state index in [0.717, 1.165) is 16.5 Å². The Morgan fingerprint density at radius 3 is 2.58 bits per heavy atom. The van der Waals surface area contributed by atoms with Crippen LogP contribution in [-0.4, -0.2) is 14.8 Å². The zero-order valence-electron chi connectivity index (χ0n) is 10.3. The highest BCUT2D eigenvalue weighted by Crippen LogP contribution is 2.24. The molecule has 3 aromatic rings. The predicted molar refractivity (Wildman–Crippen MR) is 77.8 cm³/mol. The fourth-order valence-corrected chi connectivity index (χ4v) is 2.55. The number of hydrogen-bond donors (Lipinski definition) is 0. The van der Waals surface area contributed by atoms with E-state index in [-0.39, 0.29) is 0 Å². The van der Waals surface area contributed by atoms with E-state index in [2.05, 4.69) is 23.1 Å². The summed E-state index contributed by atoms with van der Waals surface area (Å²) in [5.74, 6) is 0. The molecule has 19 heavy (non-hydrogen) atoms. The molecule has 0 atom stereocenters. The zero-order chi connectivity index (χ0) is 13.4. The van der Waals surface area contributed by atoms with Gasteiger partial charge in [0.25, 0.3) is 0 Å². The molecule has 0 N–H and O–H groups in total. The first kappa shape index (κ1) is 12.5. The van der Waals surface area contributed by atoms with E-state index >= 15 is 0 Å². The molecule has 1 aromatic carbocycles. The second-order valence-electron chi connectivity index (χ2n) is 4.42. The van der Waals surface area contributed by atoms with Crippen molar-refractivity contribution in [2.24, 2.45) is 0 Å². The minimum Gasteiger partial charge on any atom is -0.267 e. The van der Waals surface area contributed by atoms with Crippen molar-refractivity contribution in [3.05, 3.63) is 58.0 Å². The van der Waals surface area contributed by atoms with Gasteiger partial charge in [-0.05, 0) is 18.6 Å². The van der Waals surface area contributed by atoms with Gasteiger partial charge in [0.1, 0.15) is 0 Å². The van der Waals surface area contributed by atoms with E-state index in [1.54, 1.807) is 12.4 Å². The Bertz CT molecular complexity index is 729. The van der Waals surface area contributed by atoms with E-state index in [9.17, 15) is 0 Å². The van der Waals surface area contributed by atoms with Crippen molar-refractivity contribution in [1.29, 1.82) is 0 Å². The van der Waals surface area contributed by atoms with Crippen LogP contribution < -0.4 is 0 Å². The number of aryl methyl sites for hydroxylation is 1. The number of benzene rings is 1. The predicted octanol–water partition coefficient (Wildman–Crippen LogP) is 4.09. The molecule has 5 heteroatoms.